The lowest BCUT2D eigenvalue weighted by atomic mass is 10.2. The van der Waals surface area contributed by atoms with Crippen molar-refractivity contribution in [3.63, 3.8) is 0 Å². The van der Waals surface area contributed by atoms with E-state index in [-0.39, 0.29) is 11.7 Å². The molecule has 0 unspecified atom stereocenters. The van der Waals surface area contributed by atoms with E-state index in [4.69, 9.17) is 4.74 Å². The van der Waals surface area contributed by atoms with Gasteiger partial charge in [-0.25, -0.2) is 4.99 Å². The molecule has 0 spiro atoms. The van der Waals surface area contributed by atoms with Crippen molar-refractivity contribution in [2.24, 2.45) is 4.99 Å². The molecule has 1 saturated heterocycles. The van der Waals surface area contributed by atoms with Crippen molar-refractivity contribution in [3.8, 4) is 0 Å². The lowest BCUT2D eigenvalue weighted by molar-refractivity contribution is -0.384. The number of nitro benzene ring substituents is 1. The van der Waals surface area contributed by atoms with Crippen LogP contribution in [-0.4, -0.2) is 48.0 Å². The molecule has 0 N–H and O–H groups in total. The second-order valence-corrected chi connectivity index (χ2v) is 5.21. The number of rotatable bonds is 4. The van der Waals surface area contributed by atoms with Gasteiger partial charge in [-0.1, -0.05) is 0 Å². The van der Waals surface area contributed by atoms with Crippen LogP contribution in [0.5, 0.6) is 0 Å². The van der Waals surface area contributed by atoms with E-state index in [9.17, 15) is 10.1 Å². The smallest absolute Gasteiger partial charge is 0.269 e. The van der Waals surface area contributed by atoms with Crippen LogP contribution in [0.4, 0.5) is 5.69 Å². The maximum atomic E-state index is 10.6. The highest BCUT2D eigenvalue weighted by molar-refractivity contribution is 5.95. The van der Waals surface area contributed by atoms with E-state index in [0.717, 1.165) is 25.2 Å². The molecule has 1 aromatic rings. The van der Waals surface area contributed by atoms with E-state index < -0.39 is 4.92 Å². The molecule has 0 bridgehead atoms. The lowest BCUT2D eigenvalue weighted by Gasteiger charge is -2.16. The van der Waals surface area contributed by atoms with Gasteiger partial charge in [-0.05, 0) is 38.1 Å². The Kier molecular flexibility index (Phi) is 3.64. The van der Waals surface area contributed by atoms with Crippen LogP contribution in [0.1, 0.15) is 18.4 Å². The van der Waals surface area contributed by atoms with Crippen LogP contribution in [0.15, 0.2) is 29.3 Å². The Hall–Kier alpha value is -1.95. The molecule has 2 aliphatic rings. The van der Waals surface area contributed by atoms with Gasteiger partial charge in [0.15, 0.2) is 0 Å². The second-order valence-electron chi connectivity index (χ2n) is 5.21. The molecule has 1 fully saturated rings. The van der Waals surface area contributed by atoms with Crippen LogP contribution in [-0.2, 0) is 4.74 Å². The van der Waals surface area contributed by atoms with Gasteiger partial charge >= 0.3 is 0 Å². The standard InChI is InChI=1S/C14H17N3O3/c18-17(19)13-5-3-11(4-6-13)14-15-12(10-20-14)9-16-7-1-2-8-16/h3-6,12H,1-2,7-10H2/t12-/m1/s1. The molecular weight excluding hydrogens is 258 g/mol. The third-order valence-corrected chi connectivity index (χ3v) is 3.70. The summed E-state index contributed by atoms with van der Waals surface area (Å²) >= 11 is 0. The molecule has 0 amide bonds. The predicted octanol–water partition coefficient (Wildman–Crippen LogP) is 1.84. The summed E-state index contributed by atoms with van der Waals surface area (Å²) in [6, 6.07) is 6.52. The first kappa shape index (κ1) is 13.1. The molecule has 2 aliphatic heterocycles. The first-order chi connectivity index (χ1) is 9.72. The van der Waals surface area contributed by atoms with Gasteiger partial charge in [0.05, 0.1) is 4.92 Å². The maximum Gasteiger partial charge on any atom is 0.269 e. The van der Waals surface area contributed by atoms with Crippen LogP contribution >= 0.6 is 0 Å². The molecule has 0 aliphatic carbocycles. The average molecular weight is 275 g/mol. The molecule has 0 saturated carbocycles. The zero-order chi connectivity index (χ0) is 13.9. The molecule has 6 nitrogen and oxygen atoms in total. The first-order valence-corrected chi connectivity index (χ1v) is 6.90. The summed E-state index contributed by atoms with van der Waals surface area (Å²) in [5, 5.41) is 10.6. The number of likely N-dealkylation sites (tertiary alicyclic amines) is 1. The fourth-order valence-corrected chi connectivity index (χ4v) is 2.66. The largest absolute Gasteiger partial charge is 0.475 e. The van der Waals surface area contributed by atoms with Crippen molar-refractivity contribution in [2.45, 2.75) is 18.9 Å². The van der Waals surface area contributed by atoms with Crippen molar-refractivity contribution in [1.29, 1.82) is 0 Å². The minimum atomic E-state index is -0.405. The van der Waals surface area contributed by atoms with Crippen LogP contribution in [0.25, 0.3) is 0 Å². The number of nitro groups is 1. The van der Waals surface area contributed by atoms with Gasteiger partial charge in [-0.3, -0.25) is 10.1 Å². The molecule has 6 heteroatoms. The Morgan fingerprint density at radius 2 is 2.00 bits per heavy atom. The summed E-state index contributed by atoms with van der Waals surface area (Å²) in [6.45, 7) is 3.84. The zero-order valence-corrected chi connectivity index (χ0v) is 11.2. The Bertz CT molecular complexity index is 521. The van der Waals surface area contributed by atoms with Gasteiger partial charge in [0.1, 0.15) is 12.6 Å². The second kappa shape index (κ2) is 5.58. The molecule has 3 rings (SSSR count). The number of benzene rings is 1. The molecule has 106 valence electrons. The van der Waals surface area contributed by atoms with Crippen molar-refractivity contribution in [2.75, 3.05) is 26.2 Å². The fourth-order valence-electron chi connectivity index (χ4n) is 2.66. The Morgan fingerprint density at radius 3 is 2.65 bits per heavy atom. The van der Waals surface area contributed by atoms with Gasteiger partial charge in [-0.15, -0.1) is 0 Å². The Morgan fingerprint density at radius 1 is 1.30 bits per heavy atom. The van der Waals surface area contributed by atoms with Gasteiger partial charge in [0.2, 0.25) is 5.90 Å². The topological polar surface area (TPSA) is 68.0 Å². The highest BCUT2D eigenvalue weighted by Crippen LogP contribution is 2.18. The van der Waals surface area contributed by atoms with Crippen molar-refractivity contribution < 1.29 is 9.66 Å². The Labute approximate surface area is 117 Å². The predicted molar refractivity (Wildman–Crippen MR) is 75.0 cm³/mol. The Balaban J connectivity index is 1.66. The summed E-state index contributed by atoms with van der Waals surface area (Å²) in [5.41, 5.74) is 0.889. The van der Waals surface area contributed by atoms with Crippen LogP contribution in [0.2, 0.25) is 0 Å². The molecule has 0 radical (unpaired) electrons. The van der Waals surface area contributed by atoms with E-state index in [1.54, 1.807) is 12.1 Å². The van der Waals surface area contributed by atoms with Gasteiger partial charge in [-0.2, -0.15) is 0 Å². The molecule has 2 heterocycles. The zero-order valence-electron chi connectivity index (χ0n) is 11.2. The van der Waals surface area contributed by atoms with E-state index in [0.29, 0.717) is 12.5 Å². The third-order valence-electron chi connectivity index (χ3n) is 3.70. The van der Waals surface area contributed by atoms with Crippen LogP contribution in [0.3, 0.4) is 0 Å². The summed E-state index contributed by atoms with van der Waals surface area (Å²) in [6.07, 6.45) is 2.54. The number of non-ortho nitro benzene ring substituents is 1. The highest BCUT2D eigenvalue weighted by Gasteiger charge is 2.24. The third kappa shape index (κ3) is 2.80. The molecule has 1 atom stereocenters. The fraction of sp³-hybridized carbons (Fsp3) is 0.500. The minimum absolute atomic E-state index is 0.0842. The van der Waals surface area contributed by atoms with Crippen molar-refractivity contribution in [3.05, 3.63) is 39.9 Å². The first-order valence-electron chi connectivity index (χ1n) is 6.90. The number of aliphatic imine (C=N–C) groups is 1. The number of hydrogen-bond acceptors (Lipinski definition) is 5. The monoisotopic (exact) mass is 275 g/mol. The average Bonchev–Trinajstić information content (AvgIpc) is 3.11. The van der Waals surface area contributed by atoms with Gasteiger partial charge in [0.25, 0.3) is 5.69 Å². The van der Waals surface area contributed by atoms with E-state index in [2.05, 4.69) is 9.89 Å². The number of hydrogen-bond donors (Lipinski definition) is 0. The summed E-state index contributed by atoms with van der Waals surface area (Å²) < 4.78 is 5.62. The molecule has 20 heavy (non-hydrogen) atoms. The maximum absolute atomic E-state index is 10.6. The van der Waals surface area contributed by atoms with Crippen molar-refractivity contribution in [1.82, 2.24) is 4.90 Å². The van der Waals surface area contributed by atoms with Gasteiger partial charge < -0.3 is 9.64 Å². The van der Waals surface area contributed by atoms with E-state index >= 15 is 0 Å². The number of nitrogens with zero attached hydrogens (tertiary/aromatic N) is 3. The van der Waals surface area contributed by atoms with E-state index in [1.807, 2.05) is 0 Å². The quantitative estimate of drug-likeness (QED) is 0.621. The molecular formula is C14H17N3O3. The minimum Gasteiger partial charge on any atom is -0.475 e. The molecule has 1 aromatic carbocycles. The number of ether oxygens (including phenoxy) is 1. The van der Waals surface area contributed by atoms with Crippen LogP contribution in [0, 0.1) is 10.1 Å². The summed E-state index contributed by atoms with van der Waals surface area (Å²) in [4.78, 5) is 17.2. The normalized spacial score (nSPS) is 22.6. The van der Waals surface area contributed by atoms with Gasteiger partial charge in [0, 0.05) is 24.2 Å². The summed E-state index contributed by atoms with van der Waals surface area (Å²) in [5.74, 6) is 0.601. The van der Waals surface area contributed by atoms with Crippen molar-refractivity contribution >= 4 is 11.6 Å². The molecule has 0 aromatic heterocycles. The van der Waals surface area contributed by atoms with Crippen LogP contribution < -0.4 is 0 Å². The highest BCUT2D eigenvalue weighted by atomic mass is 16.6. The lowest BCUT2D eigenvalue weighted by Crippen LogP contribution is -2.29. The SMILES string of the molecule is O=[N+]([O-])c1ccc(C2=N[C@H](CN3CCCC3)CO2)cc1. The van der Waals surface area contributed by atoms with E-state index in [1.165, 1.54) is 25.0 Å². The summed E-state index contributed by atoms with van der Waals surface area (Å²) in [7, 11) is 0.